The highest BCUT2D eigenvalue weighted by molar-refractivity contribution is 5.34. The van der Waals surface area contributed by atoms with E-state index in [4.69, 9.17) is 5.26 Å². The second-order valence-electron chi connectivity index (χ2n) is 3.36. The van der Waals surface area contributed by atoms with Gasteiger partial charge >= 0.3 is 0 Å². The van der Waals surface area contributed by atoms with Crippen LogP contribution in [-0.4, -0.2) is 6.54 Å². The molecule has 0 atom stereocenters. The molecule has 0 aromatic heterocycles. The van der Waals surface area contributed by atoms with Gasteiger partial charge in [0.25, 0.3) is 0 Å². The van der Waals surface area contributed by atoms with Crippen LogP contribution in [0.3, 0.4) is 0 Å². The lowest BCUT2D eigenvalue weighted by Gasteiger charge is -2.17. The molecular weight excluding hydrogens is 160 g/mol. The smallest absolute Gasteiger partial charge is 0.0669 e. The Morgan fingerprint density at radius 2 is 2.31 bits per heavy atom. The van der Waals surface area contributed by atoms with Crippen LogP contribution < -0.4 is 5.32 Å². The molecule has 0 unspecified atom stereocenters. The molecule has 1 N–H and O–H groups in total. The minimum Gasteiger partial charge on any atom is -0.312 e. The second-order valence-corrected chi connectivity index (χ2v) is 3.36. The number of benzene rings is 1. The number of nitriles is 1. The van der Waals surface area contributed by atoms with Crippen molar-refractivity contribution in [1.82, 2.24) is 5.32 Å². The van der Waals surface area contributed by atoms with Crippen molar-refractivity contribution in [2.24, 2.45) is 0 Å². The average molecular weight is 172 g/mol. The molecule has 2 heteroatoms. The van der Waals surface area contributed by atoms with Crippen molar-refractivity contribution in [2.75, 3.05) is 6.54 Å². The highest BCUT2D eigenvalue weighted by Gasteiger charge is 2.08. The van der Waals surface area contributed by atoms with Gasteiger partial charge in [0.05, 0.1) is 12.5 Å². The van der Waals surface area contributed by atoms with E-state index in [-0.39, 0.29) is 0 Å². The second kappa shape index (κ2) is 3.59. The molecule has 1 aromatic carbocycles. The molecule has 0 saturated carbocycles. The number of nitrogens with one attached hydrogen (secondary N) is 1. The summed E-state index contributed by atoms with van der Waals surface area (Å²) in [5, 5.41) is 11.9. The summed E-state index contributed by atoms with van der Waals surface area (Å²) in [7, 11) is 0. The lowest BCUT2D eigenvalue weighted by Crippen LogP contribution is -2.23. The summed E-state index contributed by atoms with van der Waals surface area (Å²) in [6.45, 7) is 2.03. The third kappa shape index (κ3) is 1.71. The van der Waals surface area contributed by atoms with Crippen LogP contribution in [0.4, 0.5) is 0 Å². The predicted octanol–water partition coefficient (Wildman–Crippen LogP) is 1.40. The Morgan fingerprint density at radius 1 is 1.38 bits per heavy atom. The van der Waals surface area contributed by atoms with Gasteiger partial charge in [-0.05, 0) is 29.7 Å². The van der Waals surface area contributed by atoms with Crippen LogP contribution in [0.1, 0.15) is 16.7 Å². The number of hydrogen-bond acceptors (Lipinski definition) is 2. The van der Waals surface area contributed by atoms with Crippen molar-refractivity contribution >= 4 is 0 Å². The molecule has 1 aliphatic heterocycles. The molecule has 0 spiro atoms. The Bertz CT molecular complexity index is 350. The largest absolute Gasteiger partial charge is 0.312 e. The van der Waals surface area contributed by atoms with E-state index < -0.39 is 0 Å². The molecule has 0 saturated heterocycles. The van der Waals surface area contributed by atoms with Crippen molar-refractivity contribution in [3.8, 4) is 6.07 Å². The Morgan fingerprint density at radius 3 is 3.15 bits per heavy atom. The normalized spacial score (nSPS) is 14.7. The van der Waals surface area contributed by atoms with E-state index in [1.807, 2.05) is 0 Å². The molecule has 2 nitrogen and oxygen atoms in total. The first-order chi connectivity index (χ1) is 6.40. The zero-order valence-corrected chi connectivity index (χ0v) is 7.51. The molecule has 0 amide bonds. The van der Waals surface area contributed by atoms with Gasteiger partial charge in [-0.25, -0.2) is 0 Å². The quantitative estimate of drug-likeness (QED) is 0.695. The molecule has 0 radical (unpaired) electrons. The van der Waals surface area contributed by atoms with Gasteiger partial charge in [-0.1, -0.05) is 18.2 Å². The fourth-order valence-corrected chi connectivity index (χ4v) is 1.74. The molecule has 0 bridgehead atoms. The van der Waals surface area contributed by atoms with E-state index in [0.29, 0.717) is 6.42 Å². The van der Waals surface area contributed by atoms with Gasteiger partial charge in [0.2, 0.25) is 0 Å². The van der Waals surface area contributed by atoms with Crippen LogP contribution in [0, 0.1) is 11.3 Å². The minimum atomic E-state index is 0.521. The fourth-order valence-electron chi connectivity index (χ4n) is 1.74. The van der Waals surface area contributed by atoms with E-state index in [2.05, 4.69) is 29.6 Å². The van der Waals surface area contributed by atoms with Crippen LogP contribution in [0.15, 0.2) is 18.2 Å². The molecule has 13 heavy (non-hydrogen) atoms. The topological polar surface area (TPSA) is 35.8 Å². The first-order valence-electron chi connectivity index (χ1n) is 4.58. The van der Waals surface area contributed by atoms with Gasteiger partial charge < -0.3 is 5.32 Å². The van der Waals surface area contributed by atoms with Crippen LogP contribution in [0.5, 0.6) is 0 Å². The SMILES string of the molecule is N#CCc1ccc2c(c1)CNCC2. The van der Waals surface area contributed by atoms with Gasteiger partial charge in [0.1, 0.15) is 0 Å². The number of fused-ring (bicyclic) bond motifs is 1. The maximum absolute atomic E-state index is 8.56. The zero-order valence-electron chi connectivity index (χ0n) is 7.51. The van der Waals surface area contributed by atoms with Gasteiger partial charge in [0.15, 0.2) is 0 Å². The van der Waals surface area contributed by atoms with Crippen molar-refractivity contribution in [3.05, 3.63) is 34.9 Å². The van der Waals surface area contributed by atoms with Crippen LogP contribution in [0.2, 0.25) is 0 Å². The monoisotopic (exact) mass is 172 g/mol. The summed E-state index contributed by atoms with van der Waals surface area (Å²) in [4.78, 5) is 0. The Hall–Kier alpha value is -1.33. The predicted molar refractivity (Wildman–Crippen MR) is 51.2 cm³/mol. The summed E-state index contributed by atoms with van der Waals surface area (Å²) in [6.07, 6.45) is 1.63. The maximum Gasteiger partial charge on any atom is 0.0669 e. The number of nitrogens with zero attached hydrogens (tertiary/aromatic N) is 1. The van der Waals surface area contributed by atoms with E-state index in [1.54, 1.807) is 0 Å². The summed E-state index contributed by atoms with van der Waals surface area (Å²) < 4.78 is 0. The summed E-state index contributed by atoms with van der Waals surface area (Å²) in [6, 6.07) is 8.53. The lowest BCUT2D eigenvalue weighted by atomic mass is 9.98. The van der Waals surface area contributed by atoms with Crippen LogP contribution in [0.25, 0.3) is 0 Å². The molecule has 0 fully saturated rings. The third-order valence-electron chi connectivity index (χ3n) is 2.44. The van der Waals surface area contributed by atoms with E-state index in [0.717, 1.165) is 25.1 Å². The Balaban J connectivity index is 2.31. The minimum absolute atomic E-state index is 0.521. The van der Waals surface area contributed by atoms with Crippen molar-refractivity contribution in [2.45, 2.75) is 19.4 Å². The first kappa shape index (κ1) is 8.28. The van der Waals surface area contributed by atoms with E-state index in [9.17, 15) is 0 Å². The maximum atomic E-state index is 8.56. The summed E-state index contributed by atoms with van der Waals surface area (Å²) in [5.41, 5.74) is 3.92. The van der Waals surface area contributed by atoms with E-state index >= 15 is 0 Å². The molecule has 1 heterocycles. The van der Waals surface area contributed by atoms with Crippen molar-refractivity contribution < 1.29 is 0 Å². The standard InChI is InChI=1S/C11H12N2/c12-5-3-9-1-2-10-4-6-13-8-11(10)7-9/h1-2,7,13H,3-4,6,8H2. The highest BCUT2D eigenvalue weighted by Crippen LogP contribution is 2.15. The molecule has 2 rings (SSSR count). The number of rotatable bonds is 1. The average Bonchev–Trinajstić information content (AvgIpc) is 2.18. The van der Waals surface area contributed by atoms with E-state index in [1.165, 1.54) is 11.1 Å². The van der Waals surface area contributed by atoms with Crippen molar-refractivity contribution in [1.29, 1.82) is 5.26 Å². The van der Waals surface area contributed by atoms with Gasteiger partial charge in [-0.15, -0.1) is 0 Å². The molecular formula is C11H12N2. The summed E-state index contributed by atoms with van der Waals surface area (Å²) in [5.74, 6) is 0. The molecule has 1 aromatic rings. The van der Waals surface area contributed by atoms with Gasteiger partial charge in [0, 0.05) is 6.54 Å². The highest BCUT2D eigenvalue weighted by atomic mass is 14.9. The third-order valence-corrected chi connectivity index (χ3v) is 2.44. The number of hydrogen-bond donors (Lipinski definition) is 1. The lowest BCUT2D eigenvalue weighted by molar-refractivity contribution is 0.643. The zero-order chi connectivity index (χ0) is 9.10. The van der Waals surface area contributed by atoms with Crippen LogP contribution in [-0.2, 0) is 19.4 Å². The van der Waals surface area contributed by atoms with Gasteiger partial charge in [-0.2, -0.15) is 5.26 Å². The molecule has 0 aliphatic carbocycles. The Labute approximate surface area is 78.2 Å². The summed E-state index contributed by atoms with van der Waals surface area (Å²) >= 11 is 0. The molecule has 1 aliphatic rings. The fraction of sp³-hybridized carbons (Fsp3) is 0.364. The van der Waals surface area contributed by atoms with Crippen LogP contribution >= 0.6 is 0 Å². The Kier molecular flexibility index (Phi) is 2.29. The van der Waals surface area contributed by atoms with Gasteiger partial charge in [-0.3, -0.25) is 0 Å². The molecule has 66 valence electrons. The van der Waals surface area contributed by atoms with Crippen molar-refractivity contribution in [3.63, 3.8) is 0 Å². The first-order valence-corrected chi connectivity index (χ1v) is 4.58.